The Balaban J connectivity index is 2.10. The maximum absolute atomic E-state index is 12.1. The van der Waals surface area contributed by atoms with Crippen molar-refractivity contribution in [2.45, 2.75) is 25.0 Å². The number of hydrogen-bond acceptors (Lipinski definition) is 10. The second kappa shape index (κ2) is 10.0. The molecule has 0 aromatic heterocycles. The highest BCUT2D eigenvalue weighted by molar-refractivity contribution is 5.88. The molecule has 6 N–H and O–H groups in total. The molecule has 0 radical (unpaired) electrons. The summed E-state index contributed by atoms with van der Waals surface area (Å²) in [5.74, 6) is -8.17. The Bertz CT molecular complexity index is 961. The summed E-state index contributed by atoms with van der Waals surface area (Å²) in [6.45, 7) is 0. The monoisotopic (exact) mass is 450 g/mol. The molecule has 0 aliphatic heterocycles. The van der Waals surface area contributed by atoms with Gasteiger partial charge < -0.3 is 40.1 Å². The van der Waals surface area contributed by atoms with Gasteiger partial charge in [0.1, 0.15) is 0 Å². The molecule has 2 atom stereocenters. The van der Waals surface area contributed by atoms with E-state index in [1.807, 2.05) is 0 Å². The zero-order chi connectivity index (χ0) is 24.0. The Labute approximate surface area is 179 Å². The number of esters is 2. The Morgan fingerprint density at radius 3 is 1.25 bits per heavy atom. The van der Waals surface area contributed by atoms with E-state index in [0.29, 0.717) is 0 Å². The van der Waals surface area contributed by atoms with Gasteiger partial charge in [-0.05, 0) is 35.4 Å². The molecule has 32 heavy (non-hydrogen) atoms. The van der Waals surface area contributed by atoms with Gasteiger partial charge in [0.05, 0.1) is 12.8 Å². The number of carboxylic acids is 2. The van der Waals surface area contributed by atoms with Crippen LogP contribution in [0.25, 0.3) is 0 Å². The van der Waals surface area contributed by atoms with Crippen LogP contribution in [0.5, 0.6) is 23.0 Å². The number of phenols is 4. The van der Waals surface area contributed by atoms with Crippen molar-refractivity contribution in [2.75, 3.05) is 0 Å². The molecule has 2 aromatic rings. The first-order chi connectivity index (χ1) is 15.0. The molecule has 170 valence electrons. The summed E-state index contributed by atoms with van der Waals surface area (Å²) < 4.78 is 9.36. The first-order valence-electron chi connectivity index (χ1n) is 8.84. The molecule has 0 saturated heterocycles. The second-order valence-electron chi connectivity index (χ2n) is 6.50. The predicted molar refractivity (Wildman–Crippen MR) is 102 cm³/mol. The summed E-state index contributed by atoms with van der Waals surface area (Å²) in [6.07, 6.45) is -5.93. The van der Waals surface area contributed by atoms with Crippen LogP contribution in [0.3, 0.4) is 0 Å². The number of benzene rings is 2. The van der Waals surface area contributed by atoms with Crippen LogP contribution in [0.15, 0.2) is 36.4 Å². The summed E-state index contributed by atoms with van der Waals surface area (Å²) in [6, 6.07) is 6.69. The van der Waals surface area contributed by atoms with Crippen molar-refractivity contribution in [1.29, 1.82) is 0 Å². The van der Waals surface area contributed by atoms with Gasteiger partial charge in [0.2, 0.25) is 12.2 Å². The minimum Gasteiger partial charge on any atom is -0.504 e. The van der Waals surface area contributed by atoms with Crippen molar-refractivity contribution >= 4 is 23.9 Å². The van der Waals surface area contributed by atoms with Crippen molar-refractivity contribution in [2.24, 2.45) is 0 Å². The number of ether oxygens (including phenoxy) is 2. The van der Waals surface area contributed by atoms with Crippen LogP contribution in [-0.4, -0.2) is 66.7 Å². The largest absolute Gasteiger partial charge is 0.504 e. The highest BCUT2D eigenvalue weighted by atomic mass is 16.6. The topological polar surface area (TPSA) is 208 Å². The van der Waals surface area contributed by atoms with Crippen LogP contribution in [0.2, 0.25) is 0 Å². The summed E-state index contributed by atoms with van der Waals surface area (Å²) in [5.41, 5.74) is 0.260. The van der Waals surface area contributed by atoms with Crippen molar-refractivity contribution in [3.05, 3.63) is 47.5 Å². The van der Waals surface area contributed by atoms with Crippen LogP contribution in [0.1, 0.15) is 11.1 Å². The zero-order valence-corrected chi connectivity index (χ0v) is 16.2. The molecule has 2 aromatic carbocycles. The van der Waals surface area contributed by atoms with Gasteiger partial charge in [0, 0.05) is 0 Å². The van der Waals surface area contributed by atoms with E-state index in [9.17, 15) is 49.8 Å². The number of aliphatic carboxylic acids is 2. The zero-order valence-electron chi connectivity index (χ0n) is 16.2. The third kappa shape index (κ3) is 6.26. The molecule has 0 heterocycles. The van der Waals surface area contributed by atoms with Crippen LogP contribution in [0, 0.1) is 0 Å². The lowest BCUT2D eigenvalue weighted by atomic mass is 10.1. The van der Waals surface area contributed by atoms with Gasteiger partial charge in [-0.3, -0.25) is 9.59 Å². The molecular formula is C20H18O12. The van der Waals surface area contributed by atoms with Gasteiger partial charge in [-0.15, -0.1) is 0 Å². The molecule has 0 aliphatic carbocycles. The van der Waals surface area contributed by atoms with Gasteiger partial charge in [0.25, 0.3) is 0 Å². The highest BCUT2D eigenvalue weighted by Gasteiger charge is 2.40. The molecule has 0 bridgehead atoms. The average molecular weight is 450 g/mol. The van der Waals surface area contributed by atoms with E-state index < -0.39 is 71.9 Å². The third-order valence-corrected chi connectivity index (χ3v) is 4.06. The maximum atomic E-state index is 12.1. The van der Waals surface area contributed by atoms with Crippen LogP contribution in [0.4, 0.5) is 0 Å². The van der Waals surface area contributed by atoms with Crippen molar-refractivity contribution < 1.29 is 59.3 Å². The SMILES string of the molecule is O=C(Cc1ccc(O)c(O)c1)O[C@H](C(=O)O)[C@@H](OC(=O)Cc1ccc(O)c(O)c1)C(=O)O. The molecule has 2 rings (SSSR count). The van der Waals surface area contributed by atoms with Gasteiger partial charge in [-0.2, -0.15) is 0 Å². The minimum atomic E-state index is -2.39. The van der Waals surface area contributed by atoms with Crippen LogP contribution in [-0.2, 0) is 41.5 Å². The first-order valence-corrected chi connectivity index (χ1v) is 8.84. The lowest BCUT2D eigenvalue weighted by molar-refractivity contribution is -0.187. The maximum Gasteiger partial charge on any atom is 0.349 e. The number of carbonyl (C=O) groups is 4. The quantitative estimate of drug-likeness (QED) is 0.225. The number of rotatable bonds is 9. The summed E-state index contributed by atoms with van der Waals surface area (Å²) in [5, 5.41) is 56.0. The van der Waals surface area contributed by atoms with E-state index in [0.717, 1.165) is 24.3 Å². The van der Waals surface area contributed by atoms with Gasteiger partial charge >= 0.3 is 23.9 Å². The van der Waals surface area contributed by atoms with E-state index in [4.69, 9.17) is 0 Å². The van der Waals surface area contributed by atoms with Crippen molar-refractivity contribution in [3.63, 3.8) is 0 Å². The Morgan fingerprint density at radius 2 is 0.969 bits per heavy atom. The molecule has 0 saturated carbocycles. The molecule has 0 spiro atoms. The highest BCUT2D eigenvalue weighted by Crippen LogP contribution is 2.26. The number of carbonyl (C=O) groups excluding carboxylic acids is 2. The van der Waals surface area contributed by atoms with E-state index in [1.165, 1.54) is 12.1 Å². The Hall–Kier alpha value is -4.48. The molecule has 12 heteroatoms. The predicted octanol–water partition coefficient (Wildman–Crippen LogP) is 0.287. The van der Waals surface area contributed by atoms with Crippen molar-refractivity contribution in [3.8, 4) is 23.0 Å². The third-order valence-electron chi connectivity index (χ3n) is 4.06. The lowest BCUT2D eigenvalue weighted by Gasteiger charge is -2.21. The van der Waals surface area contributed by atoms with Gasteiger partial charge in [-0.25, -0.2) is 9.59 Å². The molecule has 0 aliphatic rings. The Kier molecular flexibility index (Phi) is 7.45. The smallest absolute Gasteiger partial charge is 0.349 e. The first kappa shape index (κ1) is 23.8. The average Bonchev–Trinajstić information content (AvgIpc) is 2.70. The fourth-order valence-electron chi connectivity index (χ4n) is 2.54. The fraction of sp³-hybridized carbons (Fsp3) is 0.200. The number of carboxylic acid groups (broad SMARTS) is 2. The van der Waals surface area contributed by atoms with E-state index in [-0.39, 0.29) is 11.1 Å². The number of aromatic hydroxyl groups is 4. The van der Waals surface area contributed by atoms with Gasteiger partial charge in [-0.1, -0.05) is 12.1 Å². The van der Waals surface area contributed by atoms with Crippen LogP contribution >= 0.6 is 0 Å². The van der Waals surface area contributed by atoms with E-state index >= 15 is 0 Å². The molecule has 0 fully saturated rings. The minimum absolute atomic E-state index is 0.130. The van der Waals surface area contributed by atoms with Gasteiger partial charge in [0.15, 0.2) is 23.0 Å². The number of hydrogen-bond donors (Lipinski definition) is 6. The second-order valence-corrected chi connectivity index (χ2v) is 6.50. The van der Waals surface area contributed by atoms with Crippen LogP contribution < -0.4 is 0 Å². The summed E-state index contributed by atoms with van der Waals surface area (Å²) >= 11 is 0. The lowest BCUT2D eigenvalue weighted by Crippen LogP contribution is -2.46. The summed E-state index contributed by atoms with van der Waals surface area (Å²) in [7, 11) is 0. The molecular weight excluding hydrogens is 432 g/mol. The molecule has 0 unspecified atom stereocenters. The molecule has 0 amide bonds. The van der Waals surface area contributed by atoms with E-state index in [2.05, 4.69) is 9.47 Å². The van der Waals surface area contributed by atoms with Crippen molar-refractivity contribution in [1.82, 2.24) is 0 Å². The standard InChI is InChI=1S/C20H18O12/c21-11-3-1-9(5-13(11)23)7-15(25)31-17(19(27)28)18(20(29)30)32-16(26)8-10-2-4-12(22)14(24)6-10/h1-6,17-18,21-24H,7-8H2,(H,27,28)(H,29,30)/t17-,18+. The Morgan fingerprint density at radius 1 is 0.625 bits per heavy atom. The number of phenolic OH excluding ortho intramolecular Hbond substituents is 4. The summed E-state index contributed by atoms with van der Waals surface area (Å²) in [4.78, 5) is 47.1. The fourth-order valence-corrected chi connectivity index (χ4v) is 2.54. The molecule has 12 nitrogen and oxygen atoms in total. The van der Waals surface area contributed by atoms with E-state index in [1.54, 1.807) is 0 Å². The normalized spacial score (nSPS) is 12.4.